The third-order valence-corrected chi connectivity index (χ3v) is 2.96. The Morgan fingerprint density at radius 3 is 2.45 bits per heavy atom. The first-order chi connectivity index (χ1) is 9.54. The fourth-order valence-corrected chi connectivity index (χ4v) is 2.03. The lowest BCUT2D eigenvalue weighted by Gasteiger charge is -2.12. The summed E-state index contributed by atoms with van der Waals surface area (Å²) in [6.07, 6.45) is 0. The zero-order chi connectivity index (χ0) is 14.5. The van der Waals surface area contributed by atoms with Gasteiger partial charge in [0.15, 0.2) is 11.5 Å². The largest absolute Gasteiger partial charge is 0.504 e. The topological polar surface area (TPSA) is 55.7 Å². The molecule has 4 heteroatoms. The third-order valence-electron chi connectivity index (χ3n) is 2.96. The van der Waals surface area contributed by atoms with E-state index in [1.807, 2.05) is 26.2 Å². The standard InChI is InChI=1S/C16H20N2O2/c1-18(2)11-13-4-3-5-14(8-13)17-10-12-6-7-15(19)16(20)9-12/h3-9,17,19-20H,10-11H2,1-2H3. The molecule has 2 aromatic rings. The summed E-state index contributed by atoms with van der Waals surface area (Å²) in [6.45, 7) is 1.49. The van der Waals surface area contributed by atoms with Crippen molar-refractivity contribution in [2.45, 2.75) is 13.1 Å². The van der Waals surface area contributed by atoms with Gasteiger partial charge in [0, 0.05) is 18.8 Å². The Hall–Kier alpha value is -2.20. The molecule has 0 aliphatic rings. The molecule has 3 N–H and O–H groups in total. The lowest BCUT2D eigenvalue weighted by atomic mass is 10.1. The van der Waals surface area contributed by atoms with Crippen LogP contribution in [0.1, 0.15) is 11.1 Å². The second-order valence-electron chi connectivity index (χ2n) is 5.11. The van der Waals surface area contributed by atoms with Crippen LogP contribution in [0.25, 0.3) is 0 Å². The number of phenolic OH excluding ortho intramolecular Hbond substituents is 2. The molecule has 0 aromatic heterocycles. The Labute approximate surface area is 119 Å². The van der Waals surface area contributed by atoms with Gasteiger partial charge in [-0.3, -0.25) is 0 Å². The number of phenols is 2. The molecular weight excluding hydrogens is 252 g/mol. The fourth-order valence-electron chi connectivity index (χ4n) is 2.03. The summed E-state index contributed by atoms with van der Waals surface area (Å²) in [5, 5.41) is 22.0. The molecule has 0 aliphatic heterocycles. The van der Waals surface area contributed by atoms with Gasteiger partial charge in [0.05, 0.1) is 0 Å². The van der Waals surface area contributed by atoms with Gasteiger partial charge in [-0.2, -0.15) is 0 Å². The first-order valence-electron chi connectivity index (χ1n) is 6.53. The van der Waals surface area contributed by atoms with Gasteiger partial charge in [0.25, 0.3) is 0 Å². The van der Waals surface area contributed by atoms with Gasteiger partial charge in [-0.1, -0.05) is 18.2 Å². The van der Waals surface area contributed by atoms with Gasteiger partial charge >= 0.3 is 0 Å². The van der Waals surface area contributed by atoms with E-state index in [2.05, 4.69) is 22.3 Å². The highest BCUT2D eigenvalue weighted by Crippen LogP contribution is 2.25. The second-order valence-corrected chi connectivity index (χ2v) is 5.11. The van der Waals surface area contributed by atoms with Gasteiger partial charge in [-0.25, -0.2) is 0 Å². The first-order valence-corrected chi connectivity index (χ1v) is 6.53. The summed E-state index contributed by atoms with van der Waals surface area (Å²) in [5.74, 6) is -0.188. The zero-order valence-corrected chi connectivity index (χ0v) is 11.8. The average molecular weight is 272 g/mol. The van der Waals surface area contributed by atoms with Crippen molar-refractivity contribution in [3.05, 3.63) is 53.6 Å². The number of aromatic hydroxyl groups is 2. The molecule has 2 rings (SSSR count). The lowest BCUT2D eigenvalue weighted by Crippen LogP contribution is -2.10. The Morgan fingerprint density at radius 1 is 0.950 bits per heavy atom. The Kier molecular flexibility index (Phi) is 4.48. The molecule has 0 saturated heterocycles. The zero-order valence-electron chi connectivity index (χ0n) is 11.8. The second kappa shape index (κ2) is 6.30. The Bertz CT molecular complexity index is 582. The summed E-state index contributed by atoms with van der Waals surface area (Å²) in [7, 11) is 4.08. The van der Waals surface area contributed by atoms with Crippen LogP contribution in [-0.4, -0.2) is 29.2 Å². The van der Waals surface area contributed by atoms with Gasteiger partial charge in [0.2, 0.25) is 0 Å². The van der Waals surface area contributed by atoms with E-state index in [9.17, 15) is 10.2 Å². The average Bonchev–Trinajstić information content (AvgIpc) is 2.40. The van der Waals surface area contributed by atoms with E-state index in [4.69, 9.17) is 0 Å². The van der Waals surface area contributed by atoms with Gasteiger partial charge in [0.1, 0.15) is 0 Å². The third kappa shape index (κ3) is 3.90. The minimum Gasteiger partial charge on any atom is -0.504 e. The van der Waals surface area contributed by atoms with Crippen LogP contribution >= 0.6 is 0 Å². The number of nitrogens with one attached hydrogen (secondary N) is 1. The van der Waals surface area contributed by atoms with Crippen LogP contribution in [0.4, 0.5) is 5.69 Å². The smallest absolute Gasteiger partial charge is 0.157 e. The minimum atomic E-state index is -0.0956. The molecule has 20 heavy (non-hydrogen) atoms. The minimum absolute atomic E-state index is 0.0920. The number of hydrogen-bond donors (Lipinski definition) is 3. The van der Waals surface area contributed by atoms with E-state index >= 15 is 0 Å². The van der Waals surface area contributed by atoms with Crippen molar-refractivity contribution in [1.29, 1.82) is 0 Å². The number of hydrogen-bond acceptors (Lipinski definition) is 4. The predicted octanol–water partition coefficient (Wildman–Crippen LogP) is 2.77. The maximum atomic E-state index is 9.46. The maximum absolute atomic E-state index is 9.46. The summed E-state index contributed by atoms with van der Waals surface area (Å²) < 4.78 is 0. The maximum Gasteiger partial charge on any atom is 0.157 e. The Morgan fingerprint density at radius 2 is 1.75 bits per heavy atom. The summed E-state index contributed by atoms with van der Waals surface area (Å²) in [6, 6.07) is 13.1. The monoisotopic (exact) mass is 272 g/mol. The number of rotatable bonds is 5. The van der Waals surface area contributed by atoms with Crippen LogP contribution in [0.15, 0.2) is 42.5 Å². The molecule has 0 amide bonds. The van der Waals surface area contributed by atoms with E-state index in [1.54, 1.807) is 12.1 Å². The van der Waals surface area contributed by atoms with Crippen molar-refractivity contribution >= 4 is 5.69 Å². The van der Waals surface area contributed by atoms with Gasteiger partial charge in [-0.05, 0) is 49.5 Å². The van der Waals surface area contributed by atoms with Crippen LogP contribution < -0.4 is 5.32 Å². The number of benzene rings is 2. The molecule has 0 bridgehead atoms. The van der Waals surface area contributed by atoms with E-state index in [0.29, 0.717) is 6.54 Å². The highest BCUT2D eigenvalue weighted by molar-refractivity contribution is 5.47. The number of anilines is 1. The summed E-state index contributed by atoms with van der Waals surface area (Å²) in [5.41, 5.74) is 3.20. The van der Waals surface area contributed by atoms with Crippen molar-refractivity contribution < 1.29 is 10.2 Å². The molecule has 0 atom stereocenters. The van der Waals surface area contributed by atoms with Gasteiger partial charge in [-0.15, -0.1) is 0 Å². The van der Waals surface area contributed by atoms with Crippen molar-refractivity contribution in [2.24, 2.45) is 0 Å². The van der Waals surface area contributed by atoms with Gasteiger partial charge < -0.3 is 20.4 Å². The molecule has 0 fully saturated rings. The van der Waals surface area contributed by atoms with Crippen molar-refractivity contribution in [1.82, 2.24) is 4.90 Å². The highest BCUT2D eigenvalue weighted by atomic mass is 16.3. The van der Waals surface area contributed by atoms with E-state index in [-0.39, 0.29) is 11.5 Å². The van der Waals surface area contributed by atoms with E-state index in [1.165, 1.54) is 11.6 Å². The van der Waals surface area contributed by atoms with Crippen LogP contribution in [0.3, 0.4) is 0 Å². The van der Waals surface area contributed by atoms with Crippen molar-refractivity contribution in [2.75, 3.05) is 19.4 Å². The number of nitrogens with zero attached hydrogens (tertiary/aromatic N) is 1. The molecule has 4 nitrogen and oxygen atoms in total. The molecule has 0 saturated carbocycles. The molecular formula is C16H20N2O2. The van der Waals surface area contributed by atoms with E-state index in [0.717, 1.165) is 17.8 Å². The quantitative estimate of drug-likeness (QED) is 0.733. The molecule has 2 aromatic carbocycles. The van der Waals surface area contributed by atoms with E-state index < -0.39 is 0 Å². The fraction of sp³-hybridized carbons (Fsp3) is 0.250. The van der Waals surface area contributed by atoms with Crippen LogP contribution in [-0.2, 0) is 13.1 Å². The highest BCUT2D eigenvalue weighted by Gasteiger charge is 2.01. The molecule has 0 aliphatic carbocycles. The van der Waals surface area contributed by atoms with Crippen LogP contribution in [0, 0.1) is 0 Å². The van der Waals surface area contributed by atoms with Crippen molar-refractivity contribution in [3.63, 3.8) is 0 Å². The van der Waals surface area contributed by atoms with Crippen LogP contribution in [0.5, 0.6) is 11.5 Å². The summed E-state index contributed by atoms with van der Waals surface area (Å²) >= 11 is 0. The first kappa shape index (κ1) is 14.2. The Balaban J connectivity index is 2.01. The predicted molar refractivity (Wildman–Crippen MR) is 80.9 cm³/mol. The normalized spacial score (nSPS) is 10.8. The lowest BCUT2D eigenvalue weighted by molar-refractivity contribution is 0.402. The molecule has 0 unspecified atom stereocenters. The molecule has 0 heterocycles. The SMILES string of the molecule is CN(C)Cc1cccc(NCc2ccc(O)c(O)c2)c1. The van der Waals surface area contributed by atoms with Crippen LogP contribution in [0.2, 0.25) is 0 Å². The molecule has 0 spiro atoms. The molecule has 0 radical (unpaired) electrons. The molecule has 106 valence electrons. The van der Waals surface area contributed by atoms with Crippen molar-refractivity contribution in [3.8, 4) is 11.5 Å². The summed E-state index contributed by atoms with van der Waals surface area (Å²) in [4.78, 5) is 2.12.